The van der Waals surface area contributed by atoms with Gasteiger partial charge in [0, 0.05) is 6.54 Å². The molecule has 28 heavy (non-hydrogen) atoms. The monoisotopic (exact) mass is 384 g/mol. The summed E-state index contributed by atoms with van der Waals surface area (Å²) in [6.07, 6.45) is -0.0138. The smallest absolute Gasteiger partial charge is 0.337 e. The Morgan fingerprint density at radius 3 is 2.32 bits per heavy atom. The number of carbonyl (C=O) groups excluding carboxylic acids is 1. The van der Waals surface area contributed by atoms with E-state index < -0.39 is 12.1 Å². The molecule has 0 unspecified atom stereocenters. The Hall–Kier alpha value is -3.06. The maximum atomic E-state index is 12.7. The second-order valence-corrected chi connectivity index (χ2v) is 6.51. The Bertz CT molecular complexity index is 1000. The van der Waals surface area contributed by atoms with Gasteiger partial charge in [-0.2, -0.15) is 0 Å². The van der Waals surface area contributed by atoms with E-state index >= 15 is 0 Å². The first-order valence-electron chi connectivity index (χ1n) is 9.22. The lowest BCUT2D eigenvalue weighted by molar-refractivity contribution is 0.0600. The van der Waals surface area contributed by atoms with Crippen molar-refractivity contribution in [1.29, 1.82) is 0 Å². The lowest BCUT2D eigenvalue weighted by Gasteiger charge is -2.13. The van der Waals surface area contributed by atoms with Gasteiger partial charge < -0.3 is 14.6 Å². The molecule has 0 saturated heterocycles. The van der Waals surface area contributed by atoms with Gasteiger partial charge in [0.05, 0.1) is 30.3 Å². The second-order valence-electron chi connectivity index (χ2n) is 6.51. The maximum Gasteiger partial charge on any atom is 0.337 e. The molecular formula is C21H24N2O5. The van der Waals surface area contributed by atoms with Gasteiger partial charge in [-0.1, -0.05) is 19.1 Å². The lowest BCUT2D eigenvalue weighted by atomic mass is 10.2. The molecule has 0 aliphatic rings. The van der Waals surface area contributed by atoms with Crippen molar-refractivity contribution >= 4 is 17.0 Å². The van der Waals surface area contributed by atoms with Crippen molar-refractivity contribution in [2.24, 2.45) is 0 Å². The van der Waals surface area contributed by atoms with Gasteiger partial charge in [0.15, 0.2) is 0 Å². The fraction of sp³-hybridized carbons (Fsp3) is 0.333. The number of fused-ring (bicyclic) bond motifs is 1. The standard InChI is InChI=1S/C21H24N2O5/c1-3-12-22-18-6-4-5-7-19(18)23(21(22)26)13-16(24)14-28-17-10-8-15(9-11-17)20(25)27-2/h4-11,16,24H,3,12-14H2,1-2H3/t16-/m0/s1. The molecule has 1 heterocycles. The molecule has 0 radical (unpaired) electrons. The zero-order chi connectivity index (χ0) is 20.1. The van der Waals surface area contributed by atoms with Gasteiger partial charge in [0.2, 0.25) is 0 Å². The number of ether oxygens (including phenoxy) is 2. The number of carbonyl (C=O) groups is 1. The predicted octanol–water partition coefficient (Wildman–Crippen LogP) is 2.44. The van der Waals surface area contributed by atoms with Crippen LogP contribution in [0.15, 0.2) is 53.3 Å². The fourth-order valence-electron chi connectivity index (χ4n) is 3.15. The van der Waals surface area contributed by atoms with Gasteiger partial charge in [0.25, 0.3) is 0 Å². The van der Waals surface area contributed by atoms with Gasteiger partial charge in [-0.3, -0.25) is 9.13 Å². The number of para-hydroxylation sites is 2. The van der Waals surface area contributed by atoms with E-state index in [0.29, 0.717) is 17.9 Å². The molecule has 0 spiro atoms. The van der Waals surface area contributed by atoms with Crippen LogP contribution in [0.1, 0.15) is 23.7 Å². The van der Waals surface area contributed by atoms with E-state index in [9.17, 15) is 14.7 Å². The lowest BCUT2D eigenvalue weighted by Crippen LogP contribution is -2.31. The van der Waals surface area contributed by atoms with Crippen molar-refractivity contribution in [3.8, 4) is 5.75 Å². The van der Waals surface area contributed by atoms with Crippen LogP contribution >= 0.6 is 0 Å². The molecule has 2 aromatic carbocycles. The van der Waals surface area contributed by atoms with E-state index in [1.54, 1.807) is 33.4 Å². The van der Waals surface area contributed by atoms with Crippen molar-refractivity contribution in [1.82, 2.24) is 9.13 Å². The maximum absolute atomic E-state index is 12.7. The van der Waals surface area contributed by atoms with E-state index in [0.717, 1.165) is 17.5 Å². The number of hydrogen-bond donors (Lipinski definition) is 1. The number of methoxy groups -OCH3 is 1. The molecule has 148 valence electrons. The molecule has 1 atom stereocenters. The average molecular weight is 384 g/mol. The Kier molecular flexibility index (Phi) is 6.16. The molecule has 0 aliphatic heterocycles. The van der Waals surface area contributed by atoms with Crippen molar-refractivity contribution in [2.45, 2.75) is 32.5 Å². The van der Waals surface area contributed by atoms with Gasteiger partial charge in [-0.25, -0.2) is 9.59 Å². The first-order chi connectivity index (χ1) is 13.5. The summed E-state index contributed by atoms with van der Waals surface area (Å²) in [5, 5.41) is 10.4. The van der Waals surface area contributed by atoms with Crippen LogP contribution in [0.3, 0.4) is 0 Å². The summed E-state index contributed by atoms with van der Waals surface area (Å²) >= 11 is 0. The Labute approximate surface area is 162 Å². The summed E-state index contributed by atoms with van der Waals surface area (Å²) < 4.78 is 13.6. The zero-order valence-electron chi connectivity index (χ0n) is 16.0. The van der Waals surface area contributed by atoms with Crippen molar-refractivity contribution < 1.29 is 19.4 Å². The minimum atomic E-state index is -0.862. The highest BCUT2D eigenvalue weighted by Gasteiger charge is 2.16. The number of hydrogen-bond acceptors (Lipinski definition) is 5. The molecule has 0 saturated carbocycles. The van der Waals surface area contributed by atoms with E-state index in [4.69, 9.17) is 4.74 Å². The van der Waals surface area contributed by atoms with Crippen LogP contribution in [0.5, 0.6) is 5.75 Å². The summed E-state index contributed by atoms with van der Waals surface area (Å²) in [5.41, 5.74) is 1.94. The molecule has 0 amide bonds. The highest BCUT2D eigenvalue weighted by atomic mass is 16.5. The van der Waals surface area contributed by atoms with Crippen molar-refractivity contribution in [3.05, 3.63) is 64.6 Å². The van der Waals surface area contributed by atoms with Gasteiger partial charge in [-0.05, 0) is 42.8 Å². The average Bonchev–Trinajstić information content (AvgIpc) is 2.98. The number of nitrogens with zero attached hydrogens (tertiary/aromatic N) is 2. The van der Waals surface area contributed by atoms with Gasteiger partial charge in [0.1, 0.15) is 18.5 Å². The van der Waals surface area contributed by atoms with Gasteiger partial charge >= 0.3 is 11.7 Å². The number of rotatable bonds is 8. The van der Waals surface area contributed by atoms with E-state index in [1.165, 1.54) is 7.11 Å². The van der Waals surface area contributed by atoms with E-state index in [1.807, 2.05) is 31.2 Å². The number of aryl methyl sites for hydroxylation is 1. The number of aromatic nitrogens is 2. The Balaban J connectivity index is 1.70. The highest BCUT2D eigenvalue weighted by Crippen LogP contribution is 2.15. The Morgan fingerprint density at radius 2 is 1.71 bits per heavy atom. The minimum Gasteiger partial charge on any atom is -0.491 e. The van der Waals surface area contributed by atoms with Crippen LogP contribution in [0, 0.1) is 0 Å². The third-order valence-corrected chi connectivity index (χ3v) is 4.48. The van der Waals surface area contributed by atoms with Crippen molar-refractivity contribution in [2.75, 3.05) is 13.7 Å². The first-order valence-corrected chi connectivity index (χ1v) is 9.22. The zero-order valence-corrected chi connectivity index (χ0v) is 16.0. The summed E-state index contributed by atoms with van der Waals surface area (Å²) in [7, 11) is 1.32. The normalized spacial score (nSPS) is 12.1. The van der Waals surface area contributed by atoms with E-state index in [2.05, 4.69) is 4.74 Å². The third-order valence-electron chi connectivity index (χ3n) is 4.48. The van der Waals surface area contributed by atoms with Crippen LogP contribution in [-0.2, 0) is 17.8 Å². The van der Waals surface area contributed by atoms with Crippen molar-refractivity contribution in [3.63, 3.8) is 0 Å². The summed E-state index contributed by atoms with van der Waals surface area (Å²) in [6.45, 7) is 2.81. The van der Waals surface area contributed by atoms with Crippen LogP contribution in [0.25, 0.3) is 11.0 Å². The highest BCUT2D eigenvalue weighted by molar-refractivity contribution is 5.89. The third kappa shape index (κ3) is 4.09. The SMILES string of the molecule is CCCn1c(=O)n(C[C@H](O)COc2ccc(C(=O)OC)cc2)c2ccccc21. The number of aliphatic hydroxyl groups is 1. The van der Waals surface area contributed by atoms with E-state index in [-0.39, 0.29) is 18.8 Å². The van der Waals surface area contributed by atoms with Crippen LogP contribution in [0.4, 0.5) is 0 Å². The molecule has 1 N–H and O–H groups in total. The van der Waals surface area contributed by atoms with Crippen LogP contribution in [-0.4, -0.2) is 40.0 Å². The fourth-order valence-corrected chi connectivity index (χ4v) is 3.15. The Morgan fingerprint density at radius 1 is 1.07 bits per heavy atom. The molecule has 1 aromatic heterocycles. The quantitative estimate of drug-likeness (QED) is 0.603. The molecule has 7 nitrogen and oxygen atoms in total. The minimum absolute atomic E-state index is 0.0251. The molecule has 0 aliphatic carbocycles. The van der Waals surface area contributed by atoms with Crippen LogP contribution < -0.4 is 10.4 Å². The molecule has 0 bridgehead atoms. The number of benzene rings is 2. The molecule has 3 aromatic rings. The number of aliphatic hydroxyl groups excluding tert-OH is 1. The number of esters is 1. The molecule has 0 fully saturated rings. The summed E-state index contributed by atoms with van der Waals surface area (Å²) in [6, 6.07) is 14.0. The number of imidazole rings is 1. The molecule has 3 rings (SSSR count). The second kappa shape index (κ2) is 8.75. The predicted molar refractivity (Wildman–Crippen MR) is 106 cm³/mol. The van der Waals surface area contributed by atoms with Crippen LogP contribution in [0.2, 0.25) is 0 Å². The summed E-state index contributed by atoms with van der Waals surface area (Å²) in [4.78, 5) is 24.2. The van der Waals surface area contributed by atoms with Gasteiger partial charge in [-0.15, -0.1) is 0 Å². The molecule has 7 heteroatoms. The topological polar surface area (TPSA) is 82.7 Å². The largest absolute Gasteiger partial charge is 0.491 e. The molecular weight excluding hydrogens is 360 g/mol. The first kappa shape index (κ1) is 19.7. The summed E-state index contributed by atoms with van der Waals surface area (Å²) in [5.74, 6) is 0.0990.